The van der Waals surface area contributed by atoms with Crippen LogP contribution in [0, 0.1) is 5.82 Å². The summed E-state index contributed by atoms with van der Waals surface area (Å²) in [4.78, 5) is 12.2. The van der Waals surface area contributed by atoms with Gasteiger partial charge in [-0.25, -0.2) is 13.9 Å². The Morgan fingerprint density at radius 1 is 1.25 bits per heavy atom. The summed E-state index contributed by atoms with van der Waals surface area (Å²) in [6.07, 6.45) is 2.14. The van der Waals surface area contributed by atoms with Gasteiger partial charge >= 0.3 is 6.03 Å². The number of hydrogen-bond acceptors (Lipinski definition) is 5. The van der Waals surface area contributed by atoms with Gasteiger partial charge in [0.25, 0.3) is 0 Å². The van der Waals surface area contributed by atoms with Crippen LogP contribution < -0.4 is 10.6 Å². The van der Waals surface area contributed by atoms with E-state index in [-0.39, 0.29) is 18.7 Å². The van der Waals surface area contributed by atoms with Crippen LogP contribution >= 0.6 is 0 Å². The number of carbonyl (C=O) groups excluding carboxylic acids is 1. The first-order valence-electron chi connectivity index (χ1n) is 8.95. The van der Waals surface area contributed by atoms with Crippen LogP contribution in [0.5, 0.6) is 0 Å². The number of aromatic nitrogens is 4. The van der Waals surface area contributed by atoms with Crippen LogP contribution in [0.2, 0.25) is 0 Å². The number of halogens is 1. The minimum Gasteiger partial charge on any atom is -0.392 e. The third kappa shape index (κ3) is 3.99. The first-order valence-corrected chi connectivity index (χ1v) is 8.95. The van der Waals surface area contributed by atoms with Gasteiger partial charge in [-0.05, 0) is 47.0 Å². The molecule has 3 N–H and O–H groups in total. The zero-order chi connectivity index (χ0) is 19.5. The molecule has 1 fully saturated rings. The van der Waals surface area contributed by atoms with E-state index >= 15 is 0 Å². The van der Waals surface area contributed by atoms with Crippen molar-refractivity contribution in [3.05, 3.63) is 59.4 Å². The molecule has 1 heterocycles. The van der Waals surface area contributed by atoms with Gasteiger partial charge in [-0.15, -0.1) is 5.10 Å². The van der Waals surface area contributed by atoms with Crippen LogP contribution in [0.1, 0.15) is 30.0 Å². The highest BCUT2D eigenvalue weighted by Gasteiger charge is 2.28. The first-order chi connectivity index (χ1) is 13.6. The molecule has 9 heteroatoms. The lowest BCUT2D eigenvalue weighted by Crippen LogP contribution is -2.28. The molecule has 3 aromatic rings. The van der Waals surface area contributed by atoms with Crippen molar-refractivity contribution in [3.8, 4) is 11.4 Å². The number of urea groups is 1. The summed E-state index contributed by atoms with van der Waals surface area (Å²) in [5, 5.41) is 26.3. The Balaban J connectivity index is 1.39. The number of benzene rings is 2. The van der Waals surface area contributed by atoms with Crippen molar-refractivity contribution in [1.82, 2.24) is 25.5 Å². The number of hydrogen-bond donors (Lipinski definition) is 3. The molecule has 28 heavy (non-hydrogen) atoms. The molecular formula is C19H19FN6O2. The van der Waals surface area contributed by atoms with Gasteiger partial charge in [-0.2, -0.15) is 0 Å². The predicted octanol–water partition coefficient (Wildman–Crippen LogP) is 2.63. The second-order valence-electron chi connectivity index (χ2n) is 6.65. The van der Waals surface area contributed by atoms with Gasteiger partial charge in [0.1, 0.15) is 5.82 Å². The Morgan fingerprint density at radius 2 is 2.11 bits per heavy atom. The highest BCUT2D eigenvalue weighted by Crippen LogP contribution is 2.36. The zero-order valence-corrected chi connectivity index (χ0v) is 15.0. The van der Waals surface area contributed by atoms with Crippen LogP contribution in [-0.4, -0.2) is 31.3 Å². The molecule has 144 valence electrons. The number of rotatable bonds is 6. The fraction of sp³-hybridized carbons (Fsp3) is 0.263. The van der Waals surface area contributed by atoms with Gasteiger partial charge in [-0.1, -0.05) is 24.3 Å². The molecule has 0 bridgehead atoms. The minimum atomic E-state index is -0.497. The van der Waals surface area contributed by atoms with Crippen molar-refractivity contribution >= 4 is 11.7 Å². The van der Waals surface area contributed by atoms with Crippen molar-refractivity contribution in [1.29, 1.82) is 0 Å². The molecule has 0 aliphatic heterocycles. The summed E-state index contributed by atoms with van der Waals surface area (Å²) in [5.74, 6) is 0.175. The maximum Gasteiger partial charge on any atom is 0.319 e. The molecule has 0 saturated heterocycles. The maximum absolute atomic E-state index is 13.7. The Labute approximate surface area is 160 Å². The van der Waals surface area contributed by atoms with E-state index in [9.17, 15) is 9.18 Å². The molecular weight excluding hydrogens is 363 g/mol. The Bertz CT molecular complexity index is 1000. The summed E-state index contributed by atoms with van der Waals surface area (Å²) in [7, 11) is 0. The summed E-state index contributed by atoms with van der Waals surface area (Å²) < 4.78 is 15.5. The molecule has 4 rings (SSSR count). The zero-order valence-electron chi connectivity index (χ0n) is 15.0. The molecule has 0 unspecified atom stereocenters. The summed E-state index contributed by atoms with van der Waals surface area (Å²) in [6, 6.07) is 11.7. The third-order valence-electron chi connectivity index (χ3n) is 4.51. The predicted molar refractivity (Wildman–Crippen MR) is 99.7 cm³/mol. The molecule has 8 nitrogen and oxygen atoms in total. The average molecular weight is 382 g/mol. The van der Waals surface area contributed by atoms with Crippen LogP contribution in [0.15, 0.2) is 42.5 Å². The van der Waals surface area contributed by atoms with Gasteiger partial charge in [0.05, 0.1) is 12.6 Å². The number of nitrogens with zero attached hydrogens (tertiary/aromatic N) is 4. The van der Waals surface area contributed by atoms with E-state index in [2.05, 4.69) is 26.2 Å². The van der Waals surface area contributed by atoms with Gasteiger partial charge < -0.3 is 15.7 Å². The number of amides is 2. The molecule has 0 spiro atoms. The van der Waals surface area contributed by atoms with Crippen molar-refractivity contribution in [2.45, 2.75) is 32.0 Å². The SMILES string of the molecule is O=C(NCc1ccc(CO)c(F)c1)Nc1cccc(-c2nnnn2C2CC2)c1. The highest BCUT2D eigenvalue weighted by molar-refractivity contribution is 5.89. The Kier molecular flexibility index (Phi) is 4.98. The normalized spacial score (nSPS) is 13.4. The van der Waals surface area contributed by atoms with Crippen molar-refractivity contribution in [3.63, 3.8) is 0 Å². The lowest BCUT2D eigenvalue weighted by Gasteiger charge is -2.10. The molecule has 2 amide bonds. The maximum atomic E-state index is 13.7. The Hall–Kier alpha value is -3.33. The standard InChI is InChI=1S/C19H19FN6O2/c20-17-8-12(4-5-14(17)11-27)10-21-19(28)22-15-3-1-2-13(9-15)18-23-24-25-26(18)16-6-7-16/h1-5,8-9,16,27H,6-7,10-11H2,(H2,21,22,28). The van der Waals surface area contributed by atoms with E-state index in [0.717, 1.165) is 18.4 Å². The summed E-state index contributed by atoms with van der Waals surface area (Å²) >= 11 is 0. The number of anilines is 1. The number of nitrogens with one attached hydrogen (secondary N) is 2. The number of tetrazole rings is 1. The summed E-state index contributed by atoms with van der Waals surface area (Å²) in [5.41, 5.74) is 2.24. The lowest BCUT2D eigenvalue weighted by atomic mass is 10.1. The first kappa shape index (κ1) is 18.1. The average Bonchev–Trinajstić information content (AvgIpc) is 3.43. The van der Waals surface area contributed by atoms with Crippen molar-refractivity contribution < 1.29 is 14.3 Å². The monoisotopic (exact) mass is 382 g/mol. The molecule has 0 atom stereocenters. The third-order valence-corrected chi connectivity index (χ3v) is 4.51. The molecule has 1 aliphatic rings. The number of carbonyl (C=O) groups is 1. The fourth-order valence-corrected chi connectivity index (χ4v) is 2.87. The topological polar surface area (TPSA) is 105 Å². The lowest BCUT2D eigenvalue weighted by molar-refractivity contribution is 0.251. The molecule has 2 aromatic carbocycles. The second kappa shape index (κ2) is 7.73. The smallest absolute Gasteiger partial charge is 0.319 e. The minimum absolute atomic E-state index is 0.161. The van der Waals surface area contributed by atoms with Crippen molar-refractivity contribution in [2.75, 3.05) is 5.32 Å². The van der Waals surface area contributed by atoms with Crippen LogP contribution in [0.4, 0.5) is 14.9 Å². The highest BCUT2D eigenvalue weighted by atomic mass is 19.1. The fourth-order valence-electron chi connectivity index (χ4n) is 2.87. The van der Waals surface area contributed by atoms with Crippen LogP contribution in [0.25, 0.3) is 11.4 Å². The van der Waals surface area contributed by atoms with E-state index in [1.54, 1.807) is 18.2 Å². The Morgan fingerprint density at radius 3 is 2.86 bits per heavy atom. The number of aliphatic hydroxyl groups excluding tert-OH is 1. The van der Waals surface area contributed by atoms with Gasteiger partial charge in [-0.3, -0.25) is 0 Å². The van der Waals surface area contributed by atoms with Gasteiger partial charge in [0, 0.05) is 23.4 Å². The quantitative estimate of drug-likeness (QED) is 0.608. The van der Waals surface area contributed by atoms with Gasteiger partial charge in [0.15, 0.2) is 5.82 Å². The molecule has 0 radical (unpaired) electrons. The van der Waals surface area contributed by atoms with Gasteiger partial charge in [0.2, 0.25) is 0 Å². The van der Waals surface area contributed by atoms with E-state index in [1.807, 2.05) is 16.8 Å². The van der Waals surface area contributed by atoms with Crippen molar-refractivity contribution in [2.24, 2.45) is 0 Å². The number of aliphatic hydroxyl groups is 1. The molecule has 1 aromatic heterocycles. The second-order valence-corrected chi connectivity index (χ2v) is 6.65. The van der Waals surface area contributed by atoms with Crippen LogP contribution in [0.3, 0.4) is 0 Å². The van der Waals surface area contributed by atoms with Crippen LogP contribution in [-0.2, 0) is 13.2 Å². The van der Waals surface area contributed by atoms with E-state index in [1.165, 1.54) is 12.1 Å². The largest absolute Gasteiger partial charge is 0.392 e. The van der Waals surface area contributed by atoms with E-state index in [0.29, 0.717) is 23.1 Å². The van der Waals surface area contributed by atoms with E-state index in [4.69, 9.17) is 5.11 Å². The molecule has 1 saturated carbocycles. The van der Waals surface area contributed by atoms with E-state index < -0.39 is 11.8 Å². The summed E-state index contributed by atoms with van der Waals surface area (Å²) in [6.45, 7) is -0.200. The molecule has 1 aliphatic carbocycles.